The Hall–Kier alpha value is -3.10. The van der Waals surface area contributed by atoms with Crippen LogP contribution in [0.5, 0.6) is 11.5 Å². The molecule has 4 aromatic rings. The Labute approximate surface area is 158 Å². The molecule has 1 atom stereocenters. The highest BCUT2D eigenvalue weighted by Crippen LogP contribution is 2.35. The van der Waals surface area contributed by atoms with Gasteiger partial charge in [0.05, 0.1) is 25.3 Å². The number of hydrogen-bond donors (Lipinski definition) is 2. The number of methoxy groups -OCH3 is 2. The van der Waals surface area contributed by atoms with Gasteiger partial charge in [-0.25, -0.2) is 4.21 Å². The summed E-state index contributed by atoms with van der Waals surface area (Å²) in [5, 5.41) is 1.93. The first-order valence-corrected chi connectivity index (χ1v) is 9.21. The summed E-state index contributed by atoms with van der Waals surface area (Å²) in [4.78, 5) is 4.53. The van der Waals surface area contributed by atoms with Crippen molar-refractivity contribution in [1.29, 1.82) is 0 Å². The van der Waals surface area contributed by atoms with Crippen molar-refractivity contribution in [3.05, 3.63) is 54.9 Å². The van der Waals surface area contributed by atoms with E-state index in [0.717, 1.165) is 27.5 Å². The molecule has 2 N–H and O–H groups in total. The number of ether oxygens (including phenoxy) is 2. The summed E-state index contributed by atoms with van der Waals surface area (Å²) >= 11 is -2.10. The average Bonchev–Trinajstić information content (AvgIpc) is 3.11. The second-order valence-electron chi connectivity index (χ2n) is 5.87. The predicted molar refractivity (Wildman–Crippen MR) is 106 cm³/mol. The number of aromatic nitrogens is 2. The number of nitrogens with zero attached hydrogens (tertiary/aromatic N) is 2. The van der Waals surface area contributed by atoms with Crippen LogP contribution in [-0.2, 0) is 11.3 Å². The molecule has 8 heteroatoms. The van der Waals surface area contributed by atoms with Gasteiger partial charge in [-0.05, 0) is 36.4 Å². The van der Waals surface area contributed by atoms with E-state index in [4.69, 9.17) is 14.0 Å². The third-order valence-electron chi connectivity index (χ3n) is 4.37. The van der Waals surface area contributed by atoms with Crippen LogP contribution in [-0.4, -0.2) is 32.5 Å². The maximum atomic E-state index is 10.9. The van der Waals surface area contributed by atoms with Gasteiger partial charge in [0.15, 0.2) is 11.5 Å². The highest BCUT2D eigenvalue weighted by Gasteiger charge is 2.13. The molecule has 1 unspecified atom stereocenters. The molecule has 0 bridgehead atoms. The molecule has 2 heterocycles. The first-order valence-electron chi connectivity index (χ1n) is 8.10. The van der Waals surface area contributed by atoms with Crippen LogP contribution in [0.1, 0.15) is 0 Å². The Bertz CT molecular complexity index is 1160. The molecule has 0 fully saturated rings. The van der Waals surface area contributed by atoms with Crippen LogP contribution in [0.3, 0.4) is 0 Å². The fourth-order valence-corrected chi connectivity index (χ4v) is 3.48. The monoisotopic (exact) mass is 383 g/mol. The molecule has 0 radical (unpaired) electrons. The van der Waals surface area contributed by atoms with E-state index in [-0.39, 0.29) is 0 Å². The molecule has 2 aromatic heterocycles. The average molecular weight is 383 g/mol. The van der Waals surface area contributed by atoms with E-state index in [2.05, 4.69) is 9.71 Å². The number of anilines is 1. The van der Waals surface area contributed by atoms with Gasteiger partial charge in [0.25, 0.3) is 11.3 Å². The Morgan fingerprint density at radius 2 is 1.78 bits per heavy atom. The number of benzene rings is 2. The van der Waals surface area contributed by atoms with Gasteiger partial charge in [0.1, 0.15) is 0 Å². The molecule has 0 aliphatic heterocycles. The molecule has 27 heavy (non-hydrogen) atoms. The van der Waals surface area contributed by atoms with E-state index in [1.165, 1.54) is 0 Å². The SMILES string of the molecule is COc1cc2ncc3ccn(-c4ccc(NS(=O)O)cc4)c3c2cc1OC. The van der Waals surface area contributed by atoms with Crippen LogP contribution in [0.15, 0.2) is 54.9 Å². The van der Waals surface area contributed by atoms with Crippen molar-refractivity contribution >= 4 is 38.8 Å². The summed E-state index contributed by atoms with van der Waals surface area (Å²) in [7, 11) is 3.20. The fraction of sp³-hybridized carbons (Fsp3) is 0.105. The largest absolute Gasteiger partial charge is 0.493 e. The van der Waals surface area contributed by atoms with Gasteiger partial charge in [-0.1, -0.05) is 0 Å². The Morgan fingerprint density at radius 1 is 1.07 bits per heavy atom. The summed E-state index contributed by atoms with van der Waals surface area (Å²) in [6.45, 7) is 0. The zero-order valence-corrected chi connectivity index (χ0v) is 15.5. The zero-order valence-electron chi connectivity index (χ0n) is 14.7. The van der Waals surface area contributed by atoms with E-state index in [1.54, 1.807) is 26.4 Å². The van der Waals surface area contributed by atoms with Gasteiger partial charge >= 0.3 is 0 Å². The second-order valence-corrected chi connectivity index (χ2v) is 6.57. The summed E-state index contributed by atoms with van der Waals surface area (Å²) in [6.07, 6.45) is 3.79. The number of fused-ring (bicyclic) bond motifs is 3. The van der Waals surface area contributed by atoms with Crippen molar-refractivity contribution in [3.8, 4) is 17.2 Å². The molecule has 0 saturated heterocycles. The van der Waals surface area contributed by atoms with Crippen LogP contribution >= 0.6 is 0 Å². The maximum absolute atomic E-state index is 10.9. The molecule has 138 valence electrons. The first-order chi connectivity index (χ1) is 13.1. The lowest BCUT2D eigenvalue weighted by molar-refractivity contribution is 0.356. The highest BCUT2D eigenvalue weighted by atomic mass is 32.2. The zero-order chi connectivity index (χ0) is 19.0. The lowest BCUT2D eigenvalue weighted by Crippen LogP contribution is -2.02. The van der Waals surface area contributed by atoms with E-state index in [9.17, 15) is 4.21 Å². The van der Waals surface area contributed by atoms with E-state index >= 15 is 0 Å². The third kappa shape index (κ3) is 3.09. The fourth-order valence-electron chi connectivity index (χ4n) is 3.15. The molecular formula is C19H17N3O4S. The Balaban J connectivity index is 1.91. The normalized spacial score (nSPS) is 12.3. The van der Waals surface area contributed by atoms with Gasteiger partial charge < -0.3 is 14.0 Å². The minimum atomic E-state index is -2.10. The molecule has 7 nitrogen and oxygen atoms in total. The van der Waals surface area contributed by atoms with Crippen LogP contribution < -0.4 is 14.2 Å². The van der Waals surface area contributed by atoms with Crippen molar-refractivity contribution in [2.75, 3.05) is 18.9 Å². The smallest absolute Gasteiger partial charge is 0.259 e. The van der Waals surface area contributed by atoms with E-state index in [0.29, 0.717) is 17.2 Å². The van der Waals surface area contributed by atoms with Crippen molar-refractivity contribution < 1.29 is 18.2 Å². The van der Waals surface area contributed by atoms with Crippen molar-refractivity contribution in [2.24, 2.45) is 0 Å². The van der Waals surface area contributed by atoms with E-state index < -0.39 is 11.3 Å². The Morgan fingerprint density at radius 3 is 2.44 bits per heavy atom. The van der Waals surface area contributed by atoms with Crippen LogP contribution in [0.25, 0.3) is 27.5 Å². The molecule has 0 aliphatic rings. The molecule has 4 rings (SSSR count). The quantitative estimate of drug-likeness (QED) is 0.513. The highest BCUT2D eigenvalue weighted by molar-refractivity contribution is 7.80. The number of hydrogen-bond acceptors (Lipinski definition) is 4. The van der Waals surface area contributed by atoms with Crippen LogP contribution in [0.2, 0.25) is 0 Å². The topological polar surface area (TPSA) is 85.6 Å². The molecule has 0 spiro atoms. The molecular weight excluding hydrogens is 366 g/mol. The minimum absolute atomic E-state index is 0.564. The Kier molecular flexibility index (Phi) is 4.43. The second kappa shape index (κ2) is 6.90. The summed E-state index contributed by atoms with van der Waals surface area (Å²) < 4.78 is 35.1. The molecule has 2 aromatic carbocycles. The number of pyridine rings is 1. The van der Waals surface area contributed by atoms with Gasteiger partial charge in [0, 0.05) is 40.6 Å². The lowest BCUT2D eigenvalue weighted by Gasteiger charge is -2.12. The van der Waals surface area contributed by atoms with Gasteiger partial charge in [-0.2, -0.15) is 0 Å². The molecule has 0 aliphatic carbocycles. The molecule has 0 amide bonds. The summed E-state index contributed by atoms with van der Waals surface area (Å²) in [6, 6.07) is 13.0. The minimum Gasteiger partial charge on any atom is -0.493 e. The standard InChI is InChI=1S/C19H17N3O4S/c1-25-17-9-15-16(10-18(17)26-2)20-11-12-7-8-22(19(12)15)14-5-3-13(4-6-14)21-27(23)24/h3-11,21H,1-2H3,(H,23,24). The van der Waals surface area contributed by atoms with E-state index in [1.807, 2.05) is 47.3 Å². The maximum Gasteiger partial charge on any atom is 0.259 e. The van der Waals surface area contributed by atoms with Gasteiger partial charge in [-0.15, -0.1) is 0 Å². The predicted octanol–water partition coefficient (Wildman–Crippen LogP) is 3.74. The first kappa shape index (κ1) is 17.3. The van der Waals surface area contributed by atoms with Crippen molar-refractivity contribution in [2.45, 2.75) is 0 Å². The lowest BCUT2D eigenvalue weighted by atomic mass is 10.1. The van der Waals surface area contributed by atoms with Crippen LogP contribution in [0, 0.1) is 0 Å². The summed E-state index contributed by atoms with van der Waals surface area (Å²) in [5.41, 5.74) is 3.27. The van der Waals surface area contributed by atoms with Crippen molar-refractivity contribution in [3.63, 3.8) is 0 Å². The number of rotatable bonds is 5. The van der Waals surface area contributed by atoms with Crippen LogP contribution in [0.4, 0.5) is 5.69 Å². The molecule has 0 saturated carbocycles. The third-order valence-corrected chi connectivity index (χ3v) is 4.78. The summed E-state index contributed by atoms with van der Waals surface area (Å²) in [5.74, 6) is 1.26. The number of nitrogens with one attached hydrogen (secondary N) is 1. The van der Waals surface area contributed by atoms with Gasteiger partial charge in [0.2, 0.25) is 0 Å². The van der Waals surface area contributed by atoms with Gasteiger partial charge in [-0.3, -0.25) is 14.3 Å². The van der Waals surface area contributed by atoms with Crippen molar-refractivity contribution in [1.82, 2.24) is 9.55 Å².